The van der Waals surface area contributed by atoms with Crippen molar-refractivity contribution < 1.29 is 5.11 Å². The molecule has 0 radical (unpaired) electrons. The van der Waals surface area contributed by atoms with Gasteiger partial charge in [-0.15, -0.1) is 11.8 Å². The third-order valence-corrected chi connectivity index (χ3v) is 4.94. The zero-order chi connectivity index (χ0) is 13.0. The highest BCUT2D eigenvalue weighted by Gasteiger charge is 2.23. The second-order valence-electron chi connectivity index (χ2n) is 4.88. The molecule has 2 heterocycles. The second-order valence-corrected chi connectivity index (χ2v) is 5.87. The topological polar surface area (TPSA) is 25.2 Å². The minimum atomic E-state index is 0.323. The lowest BCUT2D eigenvalue weighted by Crippen LogP contribution is -1.99. The number of aryl methyl sites for hydroxylation is 1. The van der Waals surface area contributed by atoms with Crippen molar-refractivity contribution in [2.24, 2.45) is 7.05 Å². The standard InChI is InChI=1S/C16H13NOS/c1-17-14-8-11(18)6-7-13(14)16-15(17)12-5-3-2-4-10(12)9-19-16/h2-8,18H,9H2,1H3. The molecule has 2 nitrogen and oxygen atoms in total. The number of thioether (sulfide) groups is 1. The maximum Gasteiger partial charge on any atom is 0.117 e. The average molecular weight is 267 g/mol. The van der Waals surface area contributed by atoms with Crippen LogP contribution in [0.2, 0.25) is 0 Å². The van der Waals surface area contributed by atoms with Gasteiger partial charge in [-0.1, -0.05) is 24.3 Å². The molecular weight excluding hydrogens is 254 g/mol. The van der Waals surface area contributed by atoms with Crippen molar-refractivity contribution in [3.05, 3.63) is 48.0 Å². The van der Waals surface area contributed by atoms with Crippen LogP contribution in [0.4, 0.5) is 0 Å². The van der Waals surface area contributed by atoms with E-state index in [1.54, 1.807) is 6.07 Å². The van der Waals surface area contributed by atoms with Crippen molar-refractivity contribution >= 4 is 22.7 Å². The molecule has 2 aromatic carbocycles. The summed E-state index contributed by atoms with van der Waals surface area (Å²) in [5, 5.41) is 10.9. The highest BCUT2D eigenvalue weighted by atomic mass is 32.2. The fourth-order valence-electron chi connectivity index (χ4n) is 2.87. The highest BCUT2D eigenvalue weighted by Crippen LogP contribution is 2.46. The van der Waals surface area contributed by atoms with Gasteiger partial charge >= 0.3 is 0 Å². The third kappa shape index (κ3) is 1.45. The number of nitrogens with zero attached hydrogens (tertiary/aromatic N) is 1. The van der Waals surface area contributed by atoms with Gasteiger partial charge in [0.05, 0.1) is 11.2 Å². The Morgan fingerprint density at radius 3 is 2.89 bits per heavy atom. The molecule has 0 saturated heterocycles. The van der Waals surface area contributed by atoms with E-state index in [9.17, 15) is 5.11 Å². The van der Waals surface area contributed by atoms with Crippen molar-refractivity contribution in [1.82, 2.24) is 4.57 Å². The van der Waals surface area contributed by atoms with Gasteiger partial charge in [0.25, 0.3) is 0 Å². The molecule has 19 heavy (non-hydrogen) atoms. The van der Waals surface area contributed by atoms with E-state index >= 15 is 0 Å². The van der Waals surface area contributed by atoms with Gasteiger partial charge in [-0.25, -0.2) is 0 Å². The van der Waals surface area contributed by atoms with Crippen molar-refractivity contribution in [2.45, 2.75) is 10.6 Å². The smallest absolute Gasteiger partial charge is 0.117 e. The molecule has 0 spiro atoms. The van der Waals surface area contributed by atoms with E-state index in [1.165, 1.54) is 27.1 Å². The molecule has 1 aromatic heterocycles. The first-order valence-electron chi connectivity index (χ1n) is 6.28. The van der Waals surface area contributed by atoms with Crippen LogP contribution < -0.4 is 0 Å². The van der Waals surface area contributed by atoms with Crippen LogP contribution in [-0.4, -0.2) is 9.67 Å². The molecule has 0 aliphatic carbocycles. The van der Waals surface area contributed by atoms with Gasteiger partial charge in [-0.3, -0.25) is 0 Å². The molecule has 0 fully saturated rings. The summed E-state index contributed by atoms with van der Waals surface area (Å²) in [4.78, 5) is 1.33. The molecule has 1 N–H and O–H groups in total. The van der Waals surface area contributed by atoms with E-state index in [0.29, 0.717) is 5.75 Å². The largest absolute Gasteiger partial charge is 0.508 e. The normalized spacial score (nSPS) is 13.3. The summed E-state index contributed by atoms with van der Waals surface area (Å²) in [6.07, 6.45) is 0. The van der Waals surface area contributed by atoms with Crippen LogP contribution >= 0.6 is 11.8 Å². The monoisotopic (exact) mass is 267 g/mol. The van der Waals surface area contributed by atoms with Gasteiger partial charge < -0.3 is 9.67 Å². The lowest BCUT2D eigenvalue weighted by molar-refractivity contribution is 0.476. The summed E-state index contributed by atoms with van der Waals surface area (Å²) in [6.45, 7) is 0. The van der Waals surface area contributed by atoms with E-state index in [4.69, 9.17) is 0 Å². The van der Waals surface area contributed by atoms with Crippen LogP contribution in [-0.2, 0) is 12.8 Å². The summed E-state index contributed by atoms with van der Waals surface area (Å²) in [6, 6.07) is 14.2. The summed E-state index contributed by atoms with van der Waals surface area (Å²) in [5.74, 6) is 1.34. The van der Waals surface area contributed by atoms with Gasteiger partial charge in [0.15, 0.2) is 0 Å². The third-order valence-electron chi connectivity index (χ3n) is 3.78. The molecule has 0 atom stereocenters. The van der Waals surface area contributed by atoms with E-state index in [1.807, 2.05) is 23.9 Å². The maximum absolute atomic E-state index is 9.69. The lowest BCUT2D eigenvalue weighted by Gasteiger charge is -2.17. The number of phenols is 1. The minimum absolute atomic E-state index is 0.323. The molecule has 94 valence electrons. The van der Waals surface area contributed by atoms with E-state index in [-0.39, 0.29) is 0 Å². The molecule has 3 aromatic rings. The van der Waals surface area contributed by atoms with E-state index in [0.717, 1.165) is 11.3 Å². The number of benzene rings is 2. The SMILES string of the molecule is Cn1c2c(c3ccc(O)cc31)SCc1ccccc1-2. The van der Waals surface area contributed by atoms with Crippen LogP contribution in [0.1, 0.15) is 5.56 Å². The Morgan fingerprint density at radius 1 is 1.16 bits per heavy atom. The summed E-state index contributed by atoms with van der Waals surface area (Å²) >= 11 is 1.89. The molecule has 0 unspecified atom stereocenters. The first-order chi connectivity index (χ1) is 9.25. The van der Waals surface area contributed by atoms with Gasteiger partial charge in [0.1, 0.15) is 5.75 Å². The van der Waals surface area contributed by atoms with Gasteiger partial charge in [0.2, 0.25) is 0 Å². The molecular formula is C16H13NOS. The van der Waals surface area contributed by atoms with Crippen LogP contribution in [0.5, 0.6) is 5.75 Å². The highest BCUT2D eigenvalue weighted by molar-refractivity contribution is 7.99. The van der Waals surface area contributed by atoms with Crippen LogP contribution in [0.15, 0.2) is 47.4 Å². The zero-order valence-corrected chi connectivity index (χ0v) is 11.4. The molecule has 0 saturated carbocycles. The lowest BCUT2D eigenvalue weighted by atomic mass is 10.1. The van der Waals surface area contributed by atoms with E-state index < -0.39 is 0 Å². The van der Waals surface area contributed by atoms with Crippen LogP contribution in [0.25, 0.3) is 22.2 Å². The molecule has 3 heteroatoms. The molecule has 0 amide bonds. The first-order valence-corrected chi connectivity index (χ1v) is 7.27. The van der Waals surface area contributed by atoms with Gasteiger partial charge in [-0.2, -0.15) is 0 Å². The zero-order valence-electron chi connectivity index (χ0n) is 10.6. The number of phenolic OH excluding ortho intramolecular Hbond substituents is 1. The van der Waals surface area contributed by atoms with Crippen molar-refractivity contribution in [2.75, 3.05) is 0 Å². The Hall–Kier alpha value is -1.87. The molecule has 0 bridgehead atoms. The molecule has 1 aliphatic heterocycles. The second kappa shape index (κ2) is 3.81. The first kappa shape index (κ1) is 11.0. The average Bonchev–Trinajstić information content (AvgIpc) is 2.72. The summed E-state index contributed by atoms with van der Waals surface area (Å²) in [7, 11) is 2.07. The quantitative estimate of drug-likeness (QED) is 0.661. The van der Waals surface area contributed by atoms with E-state index in [2.05, 4.69) is 35.9 Å². The Morgan fingerprint density at radius 2 is 2.00 bits per heavy atom. The number of aromatic hydroxyl groups is 1. The van der Waals surface area contributed by atoms with Crippen LogP contribution in [0, 0.1) is 0 Å². The number of hydrogen-bond acceptors (Lipinski definition) is 2. The summed E-state index contributed by atoms with van der Waals surface area (Å²) in [5.41, 5.74) is 5.06. The number of hydrogen-bond donors (Lipinski definition) is 1. The number of rotatable bonds is 0. The molecule has 1 aliphatic rings. The van der Waals surface area contributed by atoms with Crippen molar-refractivity contribution in [1.29, 1.82) is 0 Å². The molecule has 4 rings (SSSR count). The Balaban J connectivity index is 2.14. The van der Waals surface area contributed by atoms with Crippen LogP contribution in [0.3, 0.4) is 0 Å². The maximum atomic E-state index is 9.69. The van der Waals surface area contributed by atoms with Gasteiger partial charge in [0, 0.05) is 34.7 Å². The fourth-order valence-corrected chi connectivity index (χ4v) is 4.13. The minimum Gasteiger partial charge on any atom is -0.508 e. The number of aromatic nitrogens is 1. The fraction of sp³-hybridized carbons (Fsp3) is 0.125. The summed E-state index contributed by atoms with van der Waals surface area (Å²) < 4.78 is 2.19. The number of fused-ring (bicyclic) bond motifs is 5. The van der Waals surface area contributed by atoms with Crippen molar-refractivity contribution in [3.63, 3.8) is 0 Å². The Labute approximate surface area is 115 Å². The van der Waals surface area contributed by atoms with Crippen molar-refractivity contribution in [3.8, 4) is 17.0 Å². The Bertz CT molecular complexity index is 804. The Kier molecular flexibility index (Phi) is 2.21. The van der Waals surface area contributed by atoms with Gasteiger partial charge in [-0.05, 0) is 17.7 Å². The predicted molar refractivity (Wildman–Crippen MR) is 79.6 cm³/mol. The predicted octanol–water partition coefficient (Wildman–Crippen LogP) is 4.16.